The lowest BCUT2D eigenvalue weighted by Gasteiger charge is -1.99. The zero-order chi connectivity index (χ0) is 9.97. The number of hydrogen-bond acceptors (Lipinski definition) is 2. The summed E-state index contributed by atoms with van der Waals surface area (Å²) >= 11 is 5.89. The highest BCUT2D eigenvalue weighted by Crippen LogP contribution is 2.23. The van der Waals surface area contributed by atoms with Gasteiger partial charge in [-0.2, -0.15) is 10.4 Å². The van der Waals surface area contributed by atoms with Gasteiger partial charge in [0.2, 0.25) is 0 Å². The second-order valence-corrected chi connectivity index (χ2v) is 3.18. The number of rotatable bonds is 1. The van der Waals surface area contributed by atoms with Crippen LogP contribution in [0.15, 0.2) is 30.5 Å². The van der Waals surface area contributed by atoms with Crippen molar-refractivity contribution in [3.05, 3.63) is 41.0 Å². The van der Waals surface area contributed by atoms with Gasteiger partial charge < -0.3 is 0 Å². The average Bonchev–Trinajstić information content (AvgIpc) is 2.70. The van der Waals surface area contributed by atoms with Crippen molar-refractivity contribution in [2.75, 3.05) is 0 Å². The molecule has 2 rings (SSSR count). The number of hydrogen-bond donors (Lipinski definition) is 1. The van der Waals surface area contributed by atoms with Gasteiger partial charge in [-0.15, -0.1) is 0 Å². The number of nitrogens with one attached hydrogen (secondary N) is 1. The SMILES string of the molecule is N#Cc1ccc(-c2ccn[nH]2)cc1Cl. The molecule has 0 fully saturated rings. The van der Waals surface area contributed by atoms with Gasteiger partial charge >= 0.3 is 0 Å². The smallest absolute Gasteiger partial charge is 0.101 e. The average molecular weight is 204 g/mol. The normalized spacial score (nSPS) is 9.71. The molecule has 1 aromatic heterocycles. The first-order valence-corrected chi connectivity index (χ1v) is 4.38. The Balaban J connectivity index is 2.49. The number of nitrogens with zero attached hydrogens (tertiary/aromatic N) is 2. The minimum Gasteiger partial charge on any atom is -0.278 e. The lowest BCUT2D eigenvalue weighted by atomic mass is 10.1. The third-order valence-corrected chi connectivity index (χ3v) is 2.21. The number of halogens is 1. The Morgan fingerprint density at radius 2 is 2.21 bits per heavy atom. The zero-order valence-corrected chi connectivity index (χ0v) is 7.92. The van der Waals surface area contributed by atoms with E-state index in [0.29, 0.717) is 10.6 Å². The first-order valence-electron chi connectivity index (χ1n) is 4.00. The molecular weight excluding hydrogens is 198 g/mol. The van der Waals surface area contributed by atoms with E-state index in [0.717, 1.165) is 11.3 Å². The van der Waals surface area contributed by atoms with Crippen LogP contribution in [-0.4, -0.2) is 10.2 Å². The summed E-state index contributed by atoms with van der Waals surface area (Å²) in [5.74, 6) is 0. The summed E-state index contributed by atoms with van der Waals surface area (Å²) in [6, 6.07) is 9.12. The summed E-state index contributed by atoms with van der Waals surface area (Å²) in [6.45, 7) is 0. The van der Waals surface area contributed by atoms with E-state index >= 15 is 0 Å². The van der Waals surface area contributed by atoms with Crippen LogP contribution in [0.5, 0.6) is 0 Å². The molecule has 0 atom stereocenters. The van der Waals surface area contributed by atoms with Crippen LogP contribution in [0.2, 0.25) is 5.02 Å². The molecule has 4 heteroatoms. The van der Waals surface area contributed by atoms with Gasteiger partial charge in [0.05, 0.1) is 16.3 Å². The lowest BCUT2D eigenvalue weighted by molar-refractivity contribution is 1.10. The van der Waals surface area contributed by atoms with Gasteiger partial charge in [0, 0.05) is 11.8 Å². The fourth-order valence-corrected chi connectivity index (χ4v) is 1.41. The Morgan fingerprint density at radius 3 is 2.79 bits per heavy atom. The first kappa shape index (κ1) is 8.79. The highest BCUT2D eigenvalue weighted by Gasteiger charge is 2.03. The summed E-state index contributed by atoms with van der Waals surface area (Å²) in [5, 5.41) is 15.8. The molecule has 0 aliphatic heterocycles. The van der Waals surface area contributed by atoms with Crippen LogP contribution in [-0.2, 0) is 0 Å². The summed E-state index contributed by atoms with van der Waals surface area (Å²) in [7, 11) is 0. The van der Waals surface area contributed by atoms with E-state index in [1.54, 1.807) is 18.3 Å². The topological polar surface area (TPSA) is 52.5 Å². The molecule has 0 amide bonds. The third-order valence-electron chi connectivity index (χ3n) is 1.90. The van der Waals surface area contributed by atoms with Gasteiger partial charge in [-0.25, -0.2) is 0 Å². The molecule has 0 radical (unpaired) electrons. The van der Waals surface area contributed by atoms with Crippen molar-refractivity contribution in [1.82, 2.24) is 10.2 Å². The first-order chi connectivity index (χ1) is 6.81. The summed E-state index contributed by atoms with van der Waals surface area (Å²) in [4.78, 5) is 0. The van der Waals surface area contributed by atoms with Crippen LogP contribution < -0.4 is 0 Å². The highest BCUT2D eigenvalue weighted by molar-refractivity contribution is 6.32. The van der Waals surface area contributed by atoms with Crippen molar-refractivity contribution >= 4 is 11.6 Å². The van der Waals surface area contributed by atoms with Crippen molar-refractivity contribution in [2.45, 2.75) is 0 Å². The zero-order valence-electron chi connectivity index (χ0n) is 7.16. The van der Waals surface area contributed by atoms with Crippen LogP contribution in [0.1, 0.15) is 5.56 Å². The minimum absolute atomic E-state index is 0.458. The largest absolute Gasteiger partial charge is 0.278 e. The molecule has 1 heterocycles. The molecule has 0 bridgehead atoms. The van der Waals surface area contributed by atoms with E-state index in [4.69, 9.17) is 16.9 Å². The number of H-pyrrole nitrogens is 1. The molecule has 3 nitrogen and oxygen atoms in total. The molecule has 0 aliphatic carbocycles. The van der Waals surface area contributed by atoms with Crippen molar-refractivity contribution in [3.63, 3.8) is 0 Å². The van der Waals surface area contributed by atoms with Crippen LogP contribution in [0.25, 0.3) is 11.3 Å². The van der Waals surface area contributed by atoms with Crippen molar-refractivity contribution < 1.29 is 0 Å². The van der Waals surface area contributed by atoms with E-state index in [1.807, 2.05) is 18.2 Å². The lowest BCUT2D eigenvalue weighted by Crippen LogP contribution is -1.81. The maximum Gasteiger partial charge on any atom is 0.101 e. The van der Waals surface area contributed by atoms with E-state index in [9.17, 15) is 0 Å². The molecule has 68 valence electrons. The fraction of sp³-hybridized carbons (Fsp3) is 0. The molecule has 0 saturated carbocycles. The van der Waals surface area contributed by atoms with Crippen LogP contribution in [0.3, 0.4) is 0 Å². The fourth-order valence-electron chi connectivity index (χ4n) is 1.19. The predicted molar refractivity (Wildman–Crippen MR) is 53.7 cm³/mol. The number of benzene rings is 1. The van der Waals surface area contributed by atoms with E-state index in [1.165, 1.54) is 0 Å². The molecule has 14 heavy (non-hydrogen) atoms. The molecule has 0 unspecified atom stereocenters. The number of aromatic amines is 1. The van der Waals surface area contributed by atoms with Gasteiger partial charge in [-0.05, 0) is 18.2 Å². The molecule has 1 N–H and O–H groups in total. The molecule has 0 saturated heterocycles. The second kappa shape index (κ2) is 3.52. The van der Waals surface area contributed by atoms with Crippen molar-refractivity contribution in [1.29, 1.82) is 5.26 Å². The van der Waals surface area contributed by atoms with E-state index in [2.05, 4.69) is 10.2 Å². The van der Waals surface area contributed by atoms with E-state index < -0.39 is 0 Å². The summed E-state index contributed by atoms with van der Waals surface area (Å²) < 4.78 is 0. The minimum atomic E-state index is 0.458. The van der Waals surface area contributed by atoms with Gasteiger partial charge in [-0.1, -0.05) is 17.7 Å². The van der Waals surface area contributed by atoms with Gasteiger partial charge in [0.1, 0.15) is 6.07 Å². The maximum atomic E-state index is 8.69. The summed E-state index contributed by atoms with van der Waals surface area (Å²) in [6.07, 6.45) is 1.67. The summed E-state index contributed by atoms with van der Waals surface area (Å²) in [5.41, 5.74) is 2.29. The number of nitriles is 1. The van der Waals surface area contributed by atoms with Crippen LogP contribution >= 0.6 is 11.6 Å². The molecule has 0 spiro atoms. The quantitative estimate of drug-likeness (QED) is 0.775. The Labute approximate surface area is 85.9 Å². The van der Waals surface area contributed by atoms with Gasteiger partial charge in [0.15, 0.2) is 0 Å². The Kier molecular flexibility index (Phi) is 2.21. The molecule has 0 aliphatic rings. The molecule has 2 aromatic rings. The predicted octanol–water partition coefficient (Wildman–Crippen LogP) is 2.60. The molecule has 1 aromatic carbocycles. The standard InChI is InChI=1S/C10H6ClN3/c11-9-5-7(1-2-8(9)6-12)10-3-4-13-14-10/h1-5H,(H,13,14). The van der Waals surface area contributed by atoms with Crippen LogP contribution in [0, 0.1) is 11.3 Å². The maximum absolute atomic E-state index is 8.69. The number of aromatic nitrogens is 2. The second-order valence-electron chi connectivity index (χ2n) is 2.78. The monoisotopic (exact) mass is 203 g/mol. The highest BCUT2D eigenvalue weighted by atomic mass is 35.5. The third kappa shape index (κ3) is 1.48. The molecular formula is C10H6ClN3. The van der Waals surface area contributed by atoms with Gasteiger partial charge in [0.25, 0.3) is 0 Å². The van der Waals surface area contributed by atoms with Crippen LogP contribution in [0.4, 0.5) is 0 Å². The Hall–Kier alpha value is -1.79. The Morgan fingerprint density at radius 1 is 1.36 bits per heavy atom. The Bertz CT molecular complexity index is 483. The van der Waals surface area contributed by atoms with Crippen molar-refractivity contribution in [3.8, 4) is 17.3 Å². The van der Waals surface area contributed by atoms with Gasteiger partial charge in [-0.3, -0.25) is 5.10 Å². The van der Waals surface area contributed by atoms with E-state index in [-0.39, 0.29) is 0 Å². The van der Waals surface area contributed by atoms with Crippen molar-refractivity contribution in [2.24, 2.45) is 0 Å².